The number of hydrogen-bond donors (Lipinski definition) is 2. The number of nitrogens with one attached hydrogen (secondary N) is 1. The lowest BCUT2D eigenvalue weighted by Crippen LogP contribution is -2.22. The quantitative estimate of drug-likeness (QED) is 0.343. The standard InChI is InChI=1S/C29H33N3O5S/c1-2-29(13-4-3-5-14-29)15-12-24-20-26(33)27(28(34)37-24)25(22-10-11-22)19-21-8-6-9-23(18-21)31-38(35,36)32-17-7-16-30-32/h3-9,13,16-18,20,22,25,31,33H,2,10-12,14-15,19H2,1H3. The second-order valence-electron chi connectivity index (χ2n) is 10.3. The van der Waals surface area contributed by atoms with Crippen molar-refractivity contribution in [1.82, 2.24) is 9.19 Å². The van der Waals surface area contributed by atoms with Crippen LogP contribution in [-0.2, 0) is 23.1 Å². The van der Waals surface area contributed by atoms with Gasteiger partial charge >= 0.3 is 15.8 Å². The number of hydrogen-bond acceptors (Lipinski definition) is 6. The average Bonchev–Trinajstić information content (AvgIpc) is 3.58. The van der Waals surface area contributed by atoms with Crippen LogP contribution in [0.5, 0.6) is 5.75 Å². The lowest BCUT2D eigenvalue weighted by molar-refractivity contribution is 0.317. The molecule has 2 unspecified atom stereocenters. The number of aryl methyl sites for hydroxylation is 1. The van der Waals surface area contributed by atoms with Crippen molar-refractivity contribution in [2.75, 3.05) is 4.72 Å². The number of nitrogens with zero attached hydrogens (tertiary/aromatic N) is 2. The van der Waals surface area contributed by atoms with E-state index in [1.807, 2.05) is 6.07 Å². The summed E-state index contributed by atoms with van der Waals surface area (Å²) in [6, 6.07) is 10.2. The lowest BCUT2D eigenvalue weighted by Gasteiger charge is -2.30. The van der Waals surface area contributed by atoms with Crippen LogP contribution in [0.2, 0.25) is 0 Å². The van der Waals surface area contributed by atoms with Crippen LogP contribution in [0, 0.1) is 11.3 Å². The highest BCUT2D eigenvalue weighted by molar-refractivity contribution is 7.91. The molecule has 2 heterocycles. The Bertz CT molecular complexity index is 1500. The van der Waals surface area contributed by atoms with Crippen LogP contribution in [0.25, 0.3) is 0 Å². The highest BCUT2D eigenvalue weighted by atomic mass is 32.2. The highest BCUT2D eigenvalue weighted by Crippen LogP contribution is 2.46. The van der Waals surface area contributed by atoms with Gasteiger partial charge in [-0.3, -0.25) is 4.72 Å². The molecule has 9 heteroatoms. The maximum Gasteiger partial charge on any atom is 0.343 e. The van der Waals surface area contributed by atoms with E-state index < -0.39 is 15.8 Å². The third-order valence-corrected chi connectivity index (χ3v) is 8.93. The van der Waals surface area contributed by atoms with Gasteiger partial charge in [0.25, 0.3) is 0 Å². The lowest BCUT2D eigenvalue weighted by atomic mass is 9.75. The normalized spacial score (nSPS) is 19.9. The van der Waals surface area contributed by atoms with E-state index in [1.54, 1.807) is 24.3 Å². The number of anilines is 1. The van der Waals surface area contributed by atoms with Gasteiger partial charge in [0.05, 0.1) is 17.4 Å². The summed E-state index contributed by atoms with van der Waals surface area (Å²) < 4.78 is 34.2. The van der Waals surface area contributed by atoms with E-state index in [9.17, 15) is 18.3 Å². The molecule has 2 aliphatic carbocycles. The maximum atomic E-state index is 13.2. The molecule has 2 aromatic heterocycles. The molecular weight excluding hydrogens is 502 g/mol. The molecule has 0 radical (unpaired) electrons. The first-order chi connectivity index (χ1) is 18.3. The minimum absolute atomic E-state index is 0.0201. The molecule has 1 fully saturated rings. The summed E-state index contributed by atoms with van der Waals surface area (Å²) in [5.41, 5.74) is 1.12. The van der Waals surface area contributed by atoms with Gasteiger partial charge in [-0.2, -0.15) is 13.5 Å². The van der Waals surface area contributed by atoms with Crippen LogP contribution >= 0.6 is 0 Å². The molecular formula is C29H33N3O5S. The molecule has 38 heavy (non-hydrogen) atoms. The Kier molecular flexibility index (Phi) is 7.29. The fourth-order valence-corrected chi connectivity index (χ4v) is 6.25. The summed E-state index contributed by atoms with van der Waals surface area (Å²) in [4.78, 5) is 13.2. The third-order valence-electron chi connectivity index (χ3n) is 7.73. The zero-order valence-corrected chi connectivity index (χ0v) is 22.2. The van der Waals surface area contributed by atoms with Crippen molar-refractivity contribution < 1.29 is 17.9 Å². The molecule has 1 saturated carbocycles. The van der Waals surface area contributed by atoms with Crippen molar-refractivity contribution in [1.29, 1.82) is 0 Å². The molecule has 8 nitrogen and oxygen atoms in total. The molecule has 200 valence electrons. The van der Waals surface area contributed by atoms with Gasteiger partial charge in [-0.05, 0) is 73.6 Å². The Balaban J connectivity index is 1.34. The van der Waals surface area contributed by atoms with Gasteiger partial charge < -0.3 is 9.52 Å². The zero-order chi connectivity index (χ0) is 26.8. The van der Waals surface area contributed by atoms with Crippen LogP contribution in [-0.4, -0.2) is 22.7 Å². The molecule has 0 spiro atoms. The summed E-state index contributed by atoms with van der Waals surface area (Å²) in [7, 11) is -3.87. The maximum absolute atomic E-state index is 13.2. The Morgan fingerprint density at radius 2 is 2.08 bits per heavy atom. The molecule has 0 amide bonds. The molecule has 2 atom stereocenters. The van der Waals surface area contributed by atoms with Gasteiger partial charge in [-0.25, -0.2) is 4.79 Å². The van der Waals surface area contributed by atoms with Crippen LogP contribution < -0.4 is 10.3 Å². The van der Waals surface area contributed by atoms with Crippen LogP contribution in [0.4, 0.5) is 5.69 Å². The van der Waals surface area contributed by atoms with E-state index in [4.69, 9.17) is 4.42 Å². The van der Waals surface area contributed by atoms with Gasteiger partial charge in [-0.15, -0.1) is 4.09 Å². The second kappa shape index (κ2) is 10.6. The molecule has 5 rings (SSSR count). The largest absolute Gasteiger partial charge is 0.507 e. The number of aromatic hydroxyl groups is 1. The monoisotopic (exact) mass is 535 g/mol. The van der Waals surface area contributed by atoms with Crippen molar-refractivity contribution in [3.63, 3.8) is 0 Å². The highest BCUT2D eigenvalue weighted by Gasteiger charge is 2.36. The average molecular weight is 536 g/mol. The van der Waals surface area contributed by atoms with Crippen molar-refractivity contribution in [3.8, 4) is 5.75 Å². The van der Waals surface area contributed by atoms with E-state index >= 15 is 0 Å². The molecule has 0 saturated heterocycles. The minimum atomic E-state index is -3.87. The first-order valence-corrected chi connectivity index (χ1v) is 14.5. The smallest absolute Gasteiger partial charge is 0.343 e. The van der Waals surface area contributed by atoms with Crippen LogP contribution in [0.3, 0.4) is 0 Å². The first kappa shape index (κ1) is 26.0. The van der Waals surface area contributed by atoms with Crippen molar-refractivity contribution in [2.45, 2.75) is 57.8 Å². The van der Waals surface area contributed by atoms with E-state index in [0.717, 1.165) is 41.8 Å². The molecule has 2 aliphatic rings. The fraction of sp³-hybridized carbons (Fsp3) is 0.379. The van der Waals surface area contributed by atoms with Crippen molar-refractivity contribution >= 4 is 15.9 Å². The zero-order valence-electron chi connectivity index (χ0n) is 21.4. The Morgan fingerprint density at radius 3 is 2.74 bits per heavy atom. The minimum Gasteiger partial charge on any atom is -0.507 e. The van der Waals surface area contributed by atoms with Crippen molar-refractivity contribution in [3.05, 3.63) is 100 Å². The van der Waals surface area contributed by atoms with Gasteiger partial charge in [-0.1, -0.05) is 43.4 Å². The van der Waals surface area contributed by atoms with Gasteiger partial charge in [0.2, 0.25) is 0 Å². The summed E-state index contributed by atoms with van der Waals surface area (Å²) in [5, 5.41) is 14.8. The van der Waals surface area contributed by atoms with Gasteiger partial charge in [0, 0.05) is 24.6 Å². The molecule has 3 aromatic rings. The summed E-state index contributed by atoms with van der Waals surface area (Å²) >= 11 is 0. The number of allylic oxidation sites excluding steroid dienone is 4. The van der Waals surface area contributed by atoms with E-state index in [1.165, 1.54) is 18.5 Å². The number of aromatic nitrogens is 2. The fourth-order valence-electron chi connectivity index (χ4n) is 5.32. The van der Waals surface area contributed by atoms with Gasteiger partial charge in [0.1, 0.15) is 11.5 Å². The topological polar surface area (TPSA) is 114 Å². The summed E-state index contributed by atoms with van der Waals surface area (Å²) in [6.45, 7) is 2.16. The molecule has 2 N–H and O–H groups in total. The van der Waals surface area contributed by atoms with E-state index in [2.05, 4.69) is 41.0 Å². The van der Waals surface area contributed by atoms with E-state index in [-0.39, 0.29) is 23.0 Å². The Hall–Kier alpha value is -3.59. The predicted octanol–water partition coefficient (Wildman–Crippen LogP) is 5.33. The molecule has 0 bridgehead atoms. The van der Waals surface area contributed by atoms with Crippen molar-refractivity contribution in [2.24, 2.45) is 11.3 Å². The molecule has 1 aromatic carbocycles. The summed E-state index contributed by atoms with van der Waals surface area (Å²) in [5.74, 6) is 0.526. The Labute approximate surface area is 222 Å². The van der Waals surface area contributed by atoms with Gasteiger partial charge in [0.15, 0.2) is 0 Å². The predicted molar refractivity (Wildman–Crippen MR) is 146 cm³/mol. The summed E-state index contributed by atoms with van der Waals surface area (Å²) in [6.07, 6.45) is 17.0. The van der Waals surface area contributed by atoms with E-state index in [0.29, 0.717) is 29.9 Å². The van der Waals surface area contributed by atoms with Crippen LogP contribution in [0.15, 0.2) is 82.3 Å². The Morgan fingerprint density at radius 1 is 1.24 bits per heavy atom. The third kappa shape index (κ3) is 5.78. The second-order valence-corrected chi connectivity index (χ2v) is 11.9. The number of rotatable bonds is 11. The number of benzene rings is 1. The van der Waals surface area contributed by atoms with Crippen LogP contribution in [0.1, 0.15) is 61.8 Å². The SMILES string of the molecule is CCC1(CCc2cc(O)c(C(Cc3cccc(NS(=O)(=O)n4cccn4)c3)C3CC3)c(=O)o2)C=CC=CC1. The molecule has 0 aliphatic heterocycles. The first-order valence-electron chi connectivity index (χ1n) is 13.1.